The van der Waals surface area contributed by atoms with E-state index in [1.54, 1.807) is 0 Å². The maximum Gasteiger partial charge on any atom is 0.0577 e. The third-order valence-corrected chi connectivity index (χ3v) is 1.97. The summed E-state index contributed by atoms with van der Waals surface area (Å²) in [4.78, 5) is 0. The zero-order valence-electron chi connectivity index (χ0n) is 5.61. The van der Waals surface area contributed by atoms with Crippen molar-refractivity contribution >= 4 is 15.9 Å². The molecule has 0 spiro atoms. The Morgan fingerprint density at radius 3 is 2.67 bits per heavy atom. The fraction of sp³-hybridized carbons (Fsp3) is 1.00. The zero-order chi connectivity index (χ0) is 6.53. The van der Waals surface area contributed by atoms with E-state index in [2.05, 4.69) is 15.9 Å². The van der Waals surface area contributed by atoms with Crippen molar-refractivity contribution in [3.05, 3.63) is 0 Å². The third-order valence-electron chi connectivity index (χ3n) is 1.41. The SMILES string of the molecule is BrCCCCOC1CC1. The van der Waals surface area contributed by atoms with E-state index in [1.165, 1.54) is 25.7 Å². The first-order valence-electron chi connectivity index (χ1n) is 3.61. The van der Waals surface area contributed by atoms with Gasteiger partial charge in [0.25, 0.3) is 0 Å². The standard InChI is InChI=1S/C7H13BrO/c8-5-1-2-6-9-7-3-4-7/h7H,1-6H2. The molecule has 1 nitrogen and oxygen atoms in total. The van der Waals surface area contributed by atoms with Crippen molar-refractivity contribution in [2.24, 2.45) is 0 Å². The number of hydrogen-bond donors (Lipinski definition) is 0. The van der Waals surface area contributed by atoms with E-state index in [1.807, 2.05) is 0 Å². The first kappa shape index (κ1) is 7.55. The molecule has 1 fully saturated rings. The van der Waals surface area contributed by atoms with Crippen LogP contribution < -0.4 is 0 Å². The van der Waals surface area contributed by atoms with Gasteiger partial charge in [-0.1, -0.05) is 15.9 Å². The second-order valence-corrected chi connectivity index (χ2v) is 3.26. The van der Waals surface area contributed by atoms with E-state index in [9.17, 15) is 0 Å². The Morgan fingerprint density at radius 2 is 2.11 bits per heavy atom. The summed E-state index contributed by atoms with van der Waals surface area (Å²) in [6.07, 6.45) is 5.69. The maximum absolute atomic E-state index is 5.43. The van der Waals surface area contributed by atoms with Crippen molar-refractivity contribution in [1.29, 1.82) is 0 Å². The second kappa shape index (κ2) is 4.29. The zero-order valence-corrected chi connectivity index (χ0v) is 7.19. The average molecular weight is 193 g/mol. The molecule has 9 heavy (non-hydrogen) atoms. The van der Waals surface area contributed by atoms with E-state index in [4.69, 9.17) is 4.74 Å². The molecule has 0 aliphatic heterocycles. The molecule has 1 aliphatic rings. The molecule has 0 N–H and O–H groups in total. The van der Waals surface area contributed by atoms with Crippen LogP contribution in [-0.2, 0) is 4.74 Å². The molecule has 0 heterocycles. The van der Waals surface area contributed by atoms with Crippen LogP contribution in [0.15, 0.2) is 0 Å². The fourth-order valence-electron chi connectivity index (χ4n) is 0.681. The number of alkyl halides is 1. The van der Waals surface area contributed by atoms with Crippen molar-refractivity contribution in [2.45, 2.75) is 31.8 Å². The van der Waals surface area contributed by atoms with Gasteiger partial charge in [-0.15, -0.1) is 0 Å². The minimum Gasteiger partial charge on any atom is -0.378 e. The Balaban J connectivity index is 1.71. The summed E-state index contributed by atoms with van der Waals surface area (Å²) in [5, 5.41) is 1.11. The highest BCUT2D eigenvalue weighted by molar-refractivity contribution is 9.09. The lowest BCUT2D eigenvalue weighted by Gasteiger charge is -1.98. The van der Waals surface area contributed by atoms with Gasteiger partial charge in [0, 0.05) is 11.9 Å². The minimum absolute atomic E-state index is 0.639. The van der Waals surface area contributed by atoms with Crippen LogP contribution in [0.4, 0.5) is 0 Å². The largest absolute Gasteiger partial charge is 0.378 e. The van der Waals surface area contributed by atoms with Gasteiger partial charge in [-0.05, 0) is 25.7 Å². The van der Waals surface area contributed by atoms with Crippen LogP contribution in [-0.4, -0.2) is 18.0 Å². The van der Waals surface area contributed by atoms with Crippen LogP contribution in [0, 0.1) is 0 Å². The number of halogens is 1. The van der Waals surface area contributed by atoms with E-state index in [-0.39, 0.29) is 0 Å². The molecule has 0 aromatic heterocycles. The van der Waals surface area contributed by atoms with Crippen LogP contribution in [0.1, 0.15) is 25.7 Å². The monoisotopic (exact) mass is 192 g/mol. The maximum atomic E-state index is 5.43. The Labute approximate surface area is 64.9 Å². The minimum atomic E-state index is 0.639. The van der Waals surface area contributed by atoms with Gasteiger partial charge in [0.1, 0.15) is 0 Å². The highest BCUT2D eigenvalue weighted by atomic mass is 79.9. The van der Waals surface area contributed by atoms with Crippen molar-refractivity contribution < 1.29 is 4.74 Å². The highest BCUT2D eigenvalue weighted by Crippen LogP contribution is 2.23. The molecular formula is C7H13BrO. The molecule has 1 rings (SSSR count). The molecule has 0 radical (unpaired) electrons. The van der Waals surface area contributed by atoms with Crippen LogP contribution in [0.3, 0.4) is 0 Å². The van der Waals surface area contributed by atoms with Gasteiger partial charge in [-0.25, -0.2) is 0 Å². The summed E-state index contributed by atoms with van der Waals surface area (Å²) in [6, 6.07) is 0. The first-order valence-corrected chi connectivity index (χ1v) is 4.73. The predicted octanol–water partition coefficient (Wildman–Crippen LogP) is 2.34. The number of ether oxygens (including phenoxy) is 1. The Bertz CT molecular complexity index is 71.3. The molecule has 0 aromatic rings. The molecule has 0 unspecified atom stereocenters. The topological polar surface area (TPSA) is 9.23 Å². The fourth-order valence-corrected chi connectivity index (χ4v) is 1.08. The van der Waals surface area contributed by atoms with Gasteiger partial charge in [-0.2, -0.15) is 0 Å². The summed E-state index contributed by atoms with van der Waals surface area (Å²) < 4.78 is 5.43. The molecule has 0 bridgehead atoms. The summed E-state index contributed by atoms with van der Waals surface area (Å²) in [5.41, 5.74) is 0. The molecule has 0 aromatic carbocycles. The quantitative estimate of drug-likeness (QED) is 0.481. The van der Waals surface area contributed by atoms with Crippen LogP contribution in [0.2, 0.25) is 0 Å². The molecule has 0 amide bonds. The molecule has 54 valence electrons. The van der Waals surface area contributed by atoms with Gasteiger partial charge in [0.15, 0.2) is 0 Å². The van der Waals surface area contributed by atoms with Gasteiger partial charge < -0.3 is 4.74 Å². The van der Waals surface area contributed by atoms with E-state index < -0.39 is 0 Å². The lowest BCUT2D eigenvalue weighted by molar-refractivity contribution is 0.117. The lowest BCUT2D eigenvalue weighted by atomic mass is 10.4. The smallest absolute Gasteiger partial charge is 0.0577 e. The highest BCUT2D eigenvalue weighted by Gasteiger charge is 2.21. The van der Waals surface area contributed by atoms with Crippen molar-refractivity contribution in [2.75, 3.05) is 11.9 Å². The van der Waals surface area contributed by atoms with Gasteiger partial charge in [0.2, 0.25) is 0 Å². The molecule has 1 saturated carbocycles. The Hall–Kier alpha value is 0.440. The lowest BCUT2D eigenvalue weighted by Crippen LogP contribution is -1.95. The third kappa shape index (κ3) is 3.93. The Kier molecular flexibility index (Phi) is 3.59. The predicted molar refractivity (Wildman–Crippen MR) is 42.0 cm³/mol. The Morgan fingerprint density at radius 1 is 1.33 bits per heavy atom. The summed E-state index contributed by atoms with van der Waals surface area (Å²) >= 11 is 3.38. The second-order valence-electron chi connectivity index (χ2n) is 2.47. The number of rotatable bonds is 5. The van der Waals surface area contributed by atoms with Crippen LogP contribution in [0.5, 0.6) is 0 Å². The summed E-state index contributed by atoms with van der Waals surface area (Å²) in [6.45, 7) is 0.969. The first-order chi connectivity index (χ1) is 4.43. The average Bonchev–Trinajstić information content (AvgIpc) is 2.63. The van der Waals surface area contributed by atoms with Crippen LogP contribution in [0.25, 0.3) is 0 Å². The van der Waals surface area contributed by atoms with Gasteiger partial charge in [-0.3, -0.25) is 0 Å². The number of unbranched alkanes of at least 4 members (excludes halogenated alkanes) is 1. The number of hydrogen-bond acceptors (Lipinski definition) is 1. The molecule has 0 atom stereocenters. The van der Waals surface area contributed by atoms with Crippen LogP contribution >= 0.6 is 15.9 Å². The molecule has 0 saturated heterocycles. The summed E-state index contributed by atoms with van der Waals surface area (Å²) in [7, 11) is 0. The normalized spacial score (nSPS) is 18.3. The molecule has 2 heteroatoms. The van der Waals surface area contributed by atoms with Crippen molar-refractivity contribution in [3.8, 4) is 0 Å². The van der Waals surface area contributed by atoms with Gasteiger partial charge in [0.05, 0.1) is 6.10 Å². The van der Waals surface area contributed by atoms with Crippen molar-refractivity contribution in [3.63, 3.8) is 0 Å². The van der Waals surface area contributed by atoms with E-state index in [0.717, 1.165) is 11.9 Å². The van der Waals surface area contributed by atoms with E-state index in [0.29, 0.717) is 6.10 Å². The van der Waals surface area contributed by atoms with Gasteiger partial charge >= 0.3 is 0 Å². The molecular weight excluding hydrogens is 180 g/mol. The van der Waals surface area contributed by atoms with Crippen molar-refractivity contribution in [1.82, 2.24) is 0 Å². The molecule has 1 aliphatic carbocycles. The van der Waals surface area contributed by atoms with E-state index >= 15 is 0 Å². The summed E-state index contributed by atoms with van der Waals surface area (Å²) in [5.74, 6) is 0.